The maximum Gasteiger partial charge on any atom is 0.235 e. The lowest BCUT2D eigenvalue weighted by atomic mass is 9.92. The van der Waals surface area contributed by atoms with Crippen molar-refractivity contribution in [1.29, 1.82) is 0 Å². The second-order valence-corrected chi connectivity index (χ2v) is 5.28. The molecule has 2 rings (SSSR count). The lowest BCUT2D eigenvalue weighted by molar-refractivity contribution is -0.118. The number of Topliss-reactive ketones (excluding diaryl/α,β-unsaturated/α-hetero) is 1. The average Bonchev–Trinajstić information content (AvgIpc) is 2.56. The van der Waals surface area contributed by atoms with Crippen LogP contribution in [0.3, 0.4) is 0 Å². The molecule has 1 N–H and O–H groups in total. The van der Waals surface area contributed by atoms with Gasteiger partial charge in [-0.25, -0.2) is 0 Å². The summed E-state index contributed by atoms with van der Waals surface area (Å²) in [5.74, 6) is -0.974. The van der Waals surface area contributed by atoms with E-state index in [1.54, 1.807) is 12.1 Å². The molecule has 0 aliphatic rings. The SMILES string of the molecule is CCCCC(C(=O)Nc1ccccc1)C(=O)c1ccccc1. The van der Waals surface area contributed by atoms with E-state index in [4.69, 9.17) is 0 Å². The normalized spacial score (nSPS) is 11.7. The molecule has 0 aromatic heterocycles. The molecule has 0 bridgehead atoms. The summed E-state index contributed by atoms with van der Waals surface area (Å²) in [6, 6.07) is 18.3. The summed E-state index contributed by atoms with van der Waals surface area (Å²) in [7, 11) is 0. The topological polar surface area (TPSA) is 46.2 Å². The van der Waals surface area contributed by atoms with Crippen molar-refractivity contribution >= 4 is 17.4 Å². The first-order chi connectivity index (χ1) is 10.7. The van der Waals surface area contributed by atoms with E-state index >= 15 is 0 Å². The lowest BCUT2D eigenvalue weighted by Crippen LogP contribution is -2.30. The maximum absolute atomic E-state index is 12.6. The van der Waals surface area contributed by atoms with E-state index in [-0.39, 0.29) is 11.7 Å². The Kier molecular flexibility index (Phi) is 5.90. The minimum absolute atomic E-state index is 0.109. The van der Waals surface area contributed by atoms with Crippen LogP contribution in [0.4, 0.5) is 5.69 Å². The predicted octanol–water partition coefficient (Wildman–Crippen LogP) is 4.31. The van der Waals surface area contributed by atoms with E-state index in [2.05, 4.69) is 12.2 Å². The highest BCUT2D eigenvalue weighted by Crippen LogP contribution is 2.18. The van der Waals surface area contributed by atoms with E-state index in [0.29, 0.717) is 12.0 Å². The predicted molar refractivity (Wildman–Crippen MR) is 88.9 cm³/mol. The lowest BCUT2D eigenvalue weighted by Gasteiger charge is -2.15. The molecule has 0 radical (unpaired) electrons. The highest BCUT2D eigenvalue weighted by molar-refractivity contribution is 6.13. The molecular weight excluding hydrogens is 274 g/mol. The number of carbonyl (C=O) groups excluding carboxylic acids is 2. The van der Waals surface area contributed by atoms with Gasteiger partial charge >= 0.3 is 0 Å². The van der Waals surface area contributed by atoms with Gasteiger partial charge in [0.05, 0.1) is 0 Å². The van der Waals surface area contributed by atoms with Crippen molar-refractivity contribution in [1.82, 2.24) is 0 Å². The number of amides is 1. The summed E-state index contributed by atoms with van der Waals surface area (Å²) >= 11 is 0. The van der Waals surface area contributed by atoms with Crippen LogP contribution in [0.5, 0.6) is 0 Å². The quantitative estimate of drug-likeness (QED) is 0.611. The Morgan fingerprint density at radius 1 is 0.955 bits per heavy atom. The molecule has 1 atom stereocenters. The number of para-hydroxylation sites is 1. The number of anilines is 1. The van der Waals surface area contributed by atoms with Gasteiger partial charge in [0, 0.05) is 11.3 Å². The van der Waals surface area contributed by atoms with Crippen LogP contribution in [0.25, 0.3) is 0 Å². The summed E-state index contributed by atoms with van der Waals surface area (Å²) in [4.78, 5) is 25.1. The highest BCUT2D eigenvalue weighted by Gasteiger charge is 2.26. The van der Waals surface area contributed by atoms with Crippen molar-refractivity contribution in [2.24, 2.45) is 5.92 Å². The van der Waals surface area contributed by atoms with Crippen molar-refractivity contribution in [2.75, 3.05) is 5.32 Å². The van der Waals surface area contributed by atoms with Gasteiger partial charge in [0.1, 0.15) is 5.92 Å². The minimum atomic E-state index is -0.637. The monoisotopic (exact) mass is 295 g/mol. The number of hydrogen-bond donors (Lipinski definition) is 1. The number of unbranched alkanes of at least 4 members (excludes halogenated alkanes) is 1. The summed E-state index contributed by atoms with van der Waals surface area (Å²) in [6.45, 7) is 2.05. The molecule has 1 unspecified atom stereocenters. The Hall–Kier alpha value is -2.42. The average molecular weight is 295 g/mol. The molecule has 0 fully saturated rings. The zero-order valence-electron chi connectivity index (χ0n) is 12.8. The molecule has 114 valence electrons. The second-order valence-electron chi connectivity index (χ2n) is 5.28. The maximum atomic E-state index is 12.6. The summed E-state index contributed by atoms with van der Waals surface area (Å²) < 4.78 is 0. The van der Waals surface area contributed by atoms with Gasteiger partial charge < -0.3 is 5.32 Å². The third kappa shape index (κ3) is 4.29. The second kappa shape index (κ2) is 8.13. The van der Waals surface area contributed by atoms with Crippen LogP contribution in [-0.2, 0) is 4.79 Å². The molecule has 1 amide bonds. The van der Waals surface area contributed by atoms with Crippen molar-refractivity contribution in [2.45, 2.75) is 26.2 Å². The molecule has 0 aliphatic heterocycles. The largest absolute Gasteiger partial charge is 0.325 e. The van der Waals surface area contributed by atoms with Gasteiger partial charge in [-0.2, -0.15) is 0 Å². The van der Waals surface area contributed by atoms with E-state index in [9.17, 15) is 9.59 Å². The number of hydrogen-bond acceptors (Lipinski definition) is 2. The smallest absolute Gasteiger partial charge is 0.235 e. The first kappa shape index (κ1) is 16.0. The zero-order chi connectivity index (χ0) is 15.8. The molecule has 22 heavy (non-hydrogen) atoms. The van der Waals surface area contributed by atoms with Crippen LogP contribution in [0, 0.1) is 5.92 Å². The Bertz CT molecular complexity index is 608. The van der Waals surface area contributed by atoms with E-state index < -0.39 is 5.92 Å². The fourth-order valence-electron chi connectivity index (χ4n) is 2.34. The molecule has 2 aromatic carbocycles. The molecule has 3 nitrogen and oxygen atoms in total. The standard InChI is InChI=1S/C19H21NO2/c1-2-3-14-17(18(21)15-10-6-4-7-11-15)19(22)20-16-12-8-5-9-13-16/h4-13,17H,2-3,14H2,1H3,(H,20,22). The number of carbonyl (C=O) groups is 2. The van der Waals surface area contributed by atoms with Crippen LogP contribution >= 0.6 is 0 Å². The molecular formula is C19H21NO2. The van der Waals surface area contributed by atoms with Crippen molar-refractivity contribution in [3.63, 3.8) is 0 Å². The van der Waals surface area contributed by atoms with Gasteiger partial charge in [-0.15, -0.1) is 0 Å². The van der Waals surface area contributed by atoms with Crippen LogP contribution in [0.1, 0.15) is 36.5 Å². The van der Waals surface area contributed by atoms with Crippen LogP contribution in [0.2, 0.25) is 0 Å². The third-order valence-electron chi connectivity index (χ3n) is 3.58. The van der Waals surface area contributed by atoms with Gasteiger partial charge in [0.2, 0.25) is 5.91 Å². The Morgan fingerprint density at radius 2 is 1.55 bits per heavy atom. The van der Waals surface area contributed by atoms with Crippen molar-refractivity contribution in [3.8, 4) is 0 Å². The van der Waals surface area contributed by atoms with Gasteiger partial charge in [0.15, 0.2) is 5.78 Å². The minimum Gasteiger partial charge on any atom is -0.325 e. The fourth-order valence-corrected chi connectivity index (χ4v) is 2.34. The molecule has 0 spiro atoms. The number of ketones is 1. The van der Waals surface area contributed by atoms with Gasteiger partial charge in [0.25, 0.3) is 0 Å². The third-order valence-corrected chi connectivity index (χ3v) is 3.58. The summed E-state index contributed by atoms with van der Waals surface area (Å²) in [6.07, 6.45) is 2.38. The first-order valence-electron chi connectivity index (χ1n) is 7.67. The Balaban J connectivity index is 2.14. The molecule has 0 saturated heterocycles. The molecule has 2 aromatic rings. The van der Waals surface area contributed by atoms with E-state index in [1.807, 2.05) is 48.5 Å². The van der Waals surface area contributed by atoms with Crippen LogP contribution in [-0.4, -0.2) is 11.7 Å². The van der Waals surface area contributed by atoms with Gasteiger partial charge in [-0.3, -0.25) is 9.59 Å². The number of nitrogens with one attached hydrogen (secondary N) is 1. The molecule has 0 heterocycles. The first-order valence-corrected chi connectivity index (χ1v) is 7.67. The highest BCUT2D eigenvalue weighted by atomic mass is 16.2. The number of rotatable bonds is 7. The van der Waals surface area contributed by atoms with Gasteiger partial charge in [-0.05, 0) is 18.6 Å². The van der Waals surface area contributed by atoms with Crippen LogP contribution < -0.4 is 5.32 Å². The molecule has 0 aliphatic carbocycles. The zero-order valence-corrected chi connectivity index (χ0v) is 12.8. The summed E-state index contributed by atoms with van der Waals surface area (Å²) in [5.41, 5.74) is 1.31. The molecule has 0 saturated carbocycles. The Morgan fingerprint density at radius 3 is 2.14 bits per heavy atom. The summed E-state index contributed by atoms with van der Waals surface area (Å²) in [5, 5.41) is 2.84. The Labute approximate surface area is 131 Å². The van der Waals surface area contributed by atoms with Crippen molar-refractivity contribution in [3.05, 3.63) is 66.2 Å². The van der Waals surface area contributed by atoms with E-state index in [0.717, 1.165) is 18.5 Å². The number of benzene rings is 2. The van der Waals surface area contributed by atoms with E-state index in [1.165, 1.54) is 0 Å². The fraction of sp³-hybridized carbons (Fsp3) is 0.263. The molecule has 3 heteroatoms. The van der Waals surface area contributed by atoms with Gasteiger partial charge in [-0.1, -0.05) is 68.3 Å². The van der Waals surface area contributed by atoms with Crippen molar-refractivity contribution < 1.29 is 9.59 Å². The van der Waals surface area contributed by atoms with Crippen LogP contribution in [0.15, 0.2) is 60.7 Å².